The van der Waals surface area contributed by atoms with Crippen molar-refractivity contribution in [1.82, 2.24) is 20.6 Å². The largest absolute Gasteiger partial charge is 0.337 e. The SMILES string of the molecule is Cc1nccc(CNC(=O)NCC2(C)CCCS2)n1. The molecule has 1 atom stereocenters. The van der Waals surface area contributed by atoms with Crippen LogP contribution in [-0.4, -0.2) is 33.0 Å². The van der Waals surface area contributed by atoms with Gasteiger partial charge in [-0.15, -0.1) is 0 Å². The van der Waals surface area contributed by atoms with Crippen molar-refractivity contribution in [2.45, 2.75) is 38.0 Å². The molecule has 19 heavy (non-hydrogen) atoms. The first-order chi connectivity index (χ1) is 9.07. The second-order valence-electron chi connectivity index (χ2n) is 5.03. The van der Waals surface area contributed by atoms with Crippen LogP contribution < -0.4 is 10.6 Å². The third-order valence-corrected chi connectivity index (χ3v) is 4.73. The van der Waals surface area contributed by atoms with Crippen molar-refractivity contribution in [3.8, 4) is 0 Å². The molecule has 0 spiro atoms. The second-order valence-corrected chi connectivity index (χ2v) is 6.72. The number of aromatic nitrogens is 2. The molecule has 0 aromatic carbocycles. The normalized spacial score (nSPS) is 22.2. The highest BCUT2D eigenvalue weighted by molar-refractivity contribution is 8.00. The predicted molar refractivity (Wildman–Crippen MR) is 77.1 cm³/mol. The fraction of sp³-hybridized carbons (Fsp3) is 0.615. The van der Waals surface area contributed by atoms with Gasteiger partial charge in [0.2, 0.25) is 0 Å². The summed E-state index contributed by atoms with van der Waals surface area (Å²) in [6.07, 6.45) is 4.11. The van der Waals surface area contributed by atoms with Gasteiger partial charge >= 0.3 is 6.03 Å². The first-order valence-corrected chi connectivity index (χ1v) is 7.50. The molecule has 1 fully saturated rings. The van der Waals surface area contributed by atoms with Gasteiger partial charge in [-0.3, -0.25) is 0 Å². The number of aryl methyl sites for hydroxylation is 1. The number of urea groups is 1. The molecular weight excluding hydrogens is 260 g/mol. The van der Waals surface area contributed by atoms with Crippen molar-refractivity contribution < 1.29 is 4.79 Å². The van der Waals surface area contributed by atoms with E-state index in [9.17, 15) is 4.79 Å². The maximum absolute atomic E-state index is 11.7. The minimum Gasteiger partial charge on any atom is -0.337 e. The van der Waals surface area contributed by atoms with Gasteiger partial charge in [0.15, 0.2) is 0 Å². The van der Waals surface area contributed by atoms with Crippen molar-refractivity contribution in [2.24, 2.45) is 0 Å². The van der Waals surface area contributed by atoms with Crippen LogP contribution in [0.2, 0.25) is 0 Å². The lowest BCUT2D eigenvalue weighted by molar-refractivity contribution is 0.239. The van der Waals surface area contributed by atoms with E-state index in [-0.39, 0.29) is 10.8 Å². The Morgan fingerprint density at radius 2 is 2.37 bits per heavy atom. The van der Waals surface area contributed by atoms with Gasteiger partial charge in [0.25, 0.3) is 0 Å². The highest BCUT2D eigenvalue weighted by Crippen LogP contribution is 2.36. The van der Waals surface area contributed by atoms with E-state index in [4.69, 9.17) is 0 Å². The number of carbonyl (C=O) groups is 1. The molecule has 5 nitrogen and oxygen atoms in total. The molecular formula is C13H20N4OS. The summed E-state index contributed by atoms with van der Waals surface area (Å²) >= 11 is 1.94. The van der Waals surface area contributed by atoms with Crippen LogP contribution in [0.15, 0.2) is 12.3 Å². The summed E-state index contributed by atoms with van der Waals surface area (Å²) < 4.78 is 0.197. The van der Waals surface area contributed by atoms with Gasteiger partial charge in [0.05, 0.1) is 12.2 Å². The van der Waals surface area contributed by atoms with E-state index in [2.05, 4.69) is 27.5 Å². The Morgan fingerprint density at radius 3 is 3.05 bits per heavy atom. The standard InChI is InChI=1S/C13H20N4OS/c1-10-14-6-4-11(17-10)8-15-12(18)16-9-13(2)5-3-7-19-13/h4,6H,3,5,7-9H2,1-2H3,(H2,15,16,18). The first kappa shape index (κ1) is 14.1. The number of hydrogen-bond acceptors (Lipinski definition) is 4. The number of nitrogens with zero attached hydrogens (tertiary/aromatic N) is 2. The molecule has 0 saturated carbocycles. The summed E-state index contributed by atoms with van der Waals surface area (Å²) in [5.74, 6) is 1.91. The zero-order chi connectivity index (χ0) is 13.7. The van der Waals surface area contributed by atoms with E-state index in [1.807, 2.05) is 18.7 Å². The summed E-state index contributed by atoms with van der Waals surface area (Å²) in [5.41, 5.74) is 0.823. The fourth-order valence-corrected chi connectivity index (χ4v) is 3.32. The van der Waals surface area contributed by atoms with Crippen molar-refractivity contribution in [2.75, 3.05) is 12.3 Å². The van der Waals surface area contributed by atoms with Gasteiger partial charge in [-0.2, -0.15) is 11.8 Å². The molecule has 6 heteroatoms. The molecule has 0 aliphatic carbocycles. The van der Waals surface area contributed by atoms with E-state index in [1.165, 1.54) is 18.6 Å². The molecule has 104 valence electrons. The molecule has 0 bridgehead atoms. The molecule has 1 aromatic heterocycles. The predicted octanol–water partition coefficient (Wildman–Crippen LogP) is 1.87. The smallest absolute Gasteiger partial charge is 0.315 e. The Hall–Kier alpha value is -1.30. The van der Waals surface area contributed by atoms with E-state index in [0.29, 0.717) is 13.1 Å². The molecule has 2 N–H and O–H groups in total. The van der Waals surface area contributed by atoms with Crippen LogP contribution >= 0.6 is 11.8 Å². The second kappa shape index (κ2) is 6.23. The van der Waals surface area contributed by atoms with Crippen LogP contribution in [-0.2, 0) is 6.54 Å². The van der Waals surface area contributed by atoms with E-state index < -0.39 is 0 Å². The Balaban J connectivity index is 1.73. The van der Waals surface area contributed by atoms with E-state index in [0.717, 1.165) is 11.5 Å². The van der Waals surface area contributed by atoms with Crippen LogP contribution in [0, 0.1) is 6.92 Å². The molecule has 1 aromatic rings. The van der Waals surface area contributed by atoms with Crippen LogP contribution in [0.5, 0.6) is 0 Å². The van der Waals surface area contributed by atoms with Gasteiger partial charge in [-0.05, 0) is 38.5 Å². The molecule has 2 rings (SSSR count). The number of hydrogen-bond donors (Lipinski definition) is 2. The van der Waals surface area contributed by atoms with Crippen molar-refractivity contribution in [3.63, 3.8) is 0 Å². The van der Waals surface area contributed by atoms with Gasteiger partial charge in [0.1, 0.15) is 5.82 Å². The Kier molecular flexibility index (Phi) is 4.63. The highest BCUT2D eigenvalue weighted by Gasteiger charge is 2.29. The van der Waals surface area contributed by atoms with Crippen LogP contribution in [0.25, 0.3) is 0 Å². The number of nitrogens with one attached hydrogen (secondary N) is 2. The molecule has 0 radical (unpaired) electrons. The van der Waals surface area contributed by atoms with Gasteiger partial charge < -0.3 is 10.6 Å². The van der Waals surface area contributed by atoms with Crippen LogP contribution in [0.1, 0.15) is 31.3 Å². The topological polar surface area (TPSA) is 66.9 Å². The highest BCUT2D eigenvalue weighted by atomic mass is 32.2. The average Bonchev–Trinajstić information content (AvgIpc) is 2.82. The lowest BCUT2D eigenvalue weighted by atomic mass is 10.1. The van der Waals surface area contributed by atoms with E-state index in [1.54, 1.807) is 12.3 Å². The van der Waals surface area contributed by atoms with E-state index >= 15 is 0 Å². The Bertz CT molecular complexity index is 446. The number of carbonyl (C=O) groups excluding carboxylic acids is 1. The first-order valence-electron chi connectivity index (χ1n) is 6.52. The van der Waals surface area contributed by atoms with Crippen molar-refractivity contribution in [1.29, 1.82) is 0 Å². The van der Waals surface area contributed by atoms with Gasteiger partial charge in [-0.1, -0.05) is 0 Å². The minimum atomic E-state index is -0.134. The summed E-state index contributed by atoms with van der Waals surface area (Å²) in [6.45, 7) is 5.19. The average molecular weight is 280 g/mol. The zero-order valence-electron chi connectivity index (χ0n) is 11.4. The van der Waals surface area contributed by atoms with Gasteiger partial charge in [0, 0.05) is 17.5 Å². The molecule has 1 unspecified atom stereocenters. The number of rotatable bonds is 4. The Labute approximate surface area is 118 Å². The molecule has 1 aliphatic rings. The number of amides is 2. The maximum atomic E-state index is 11.7. The monoisotopic (exact) mass is 280 g/mol. The third-order valence-electron chi connectivity index (χ3n) is 3.19. The molecule has 1 aliphatic heterocycles. The van der Waals surface area contributed by atoms with Crippen LogP contribution in [0.3, 0.4) is 0 Å². The molecule has 1 saturated heterocycles. The summed E-state index contributed by atoms with van der Waals surface area (Å²) in [4.78, 5) is 20.0. The third kappa shape index (κ3) is 4.38. The molecule has 2 amide bonds. The van der Waals surface area contributed by atoms with Crippen molar-refractivity contribution in [3.05, 3.63) is 23.8 Å². The fourth-order valence-electron chi connectivity index (χ4n) is 2.08. The summed E-state index contributed by atoms with van der Waals surface area (Å²) in [6, 6.07) is 1.67. The quantitative estimate of drug-likeness (QED) is 0.883. The van der Waals surface area contributed by atoms with Crippen LogP contribution in [0.4, 0.5) is 4.79 Å². The minimum absolute atomic E-state index is 0.134. The lowest BCUT2D eigenvalue weighted by Gasteiger charge is -2.22. The maximum Gasteiger partial charge on any atom is 0.315 e. The Morgan fingerprint density at radius 1 is 1.53 bits per heavy atom. The summed E-state index contributed by atoms with van der Waals surface area (Å²) in [5, 5.41) is 5.75. The lowest BCUT2D eigenvalue weighted by Crippen LogP contribution is -2.42. The number of thioether (sulfide) groups is 1. The molecule has 2 heterocycles. The zero-order valence-corrected chi connectivity index (χ0v) is 12.2. The van der Waals surface area contributed by atoms with Crippen molar-refractivity contribution >= 4 is 17.8 Å². The van der Waals surface area contributed by atoms with Gasteiger partial charge in [-0.25, -0.2) is 14.8 Å². The summed E-state index contributed by atoms with van der Waals surface area (Å²) in [7, 11) is 0.